The van der Waals surface area contributed by atoms with Crippen LogP contribution >= 0.6 is 0 Å². The molecule has 0 fully saturated rings. The molecule has 2 N–H and O–H groups in total. The first kappa shape index (κ1) is 36.0. The standard InChI is InChI=1S/C28H28N5O2.3C4H9.Sn/c1-19-9-7-12-21(15-19)30-26(34)24-22-17-32(27(35)23-13-8-14-29-23)18-28(2,3)25(22)33(31-24)16-20-10-5-4-6-11-20;3*1-3-4-2;/h5-15,29H,16-18H2,1-3H3,(H,30,34);3*1,3-4H2,2H3;. The number of H-pyrrole nitrogens is 1. The Hall–Kier alpha value is -3.33. The van der Waals surface area contributed by atoms with Gasteiger partial charge in [0, 0.05) is 6.20 Å². The van der Waals surface area contributed by atoms with Crippen molar-refractivity contribution in [3.05, 3.63) is 101 Å². The minimum absolute atomic E-state index is 0.0730. The van der Waals surface area contributed by atoms with Crippen LogP contribution in [0.2, 0.25) is 13.3 Å². The normalized spacial score (nSPS) is 14.2. The first-order valence-electron chi connectivity index (χ1n) is 18.1. The van der Waals surface area contributed by atoms with Crippen molar-refractivity contribution in [3.8, 4) is 0 Å². The molecule has 0 spiro atoms. The number of fused-ring (bicyclic) bond motifs is 1. The minimum atomic E-state index is -2.54. The number of aromatic nitrogens is 3. The van der Waals surface area contributed by atoms with Crippen LogP contribution in [0.5, 0.6) is 0 Å². The predicted octanol–water partition coefficient (Wildman–Crippen LogP) is 8.81. The molecule has 2 aromatic heterocycles. The summed E-state index contributed by atoms with van der Waals surface area (Å²) < 4.78 is 8.05. The fourth-order valence-electron chi connectivity index (χ4n) is 7.68. The van der Waals surface area contributed by atoms with Crippen LogP contribution in [-0.2, 0) is 18.5 Å². The van der Waals surface area contributed by atoms with Crippen molar-refractivity contribution in [1.82, 2.24) is 19.7 Å². The Labute approximate surface area is 291 Å². The van der Waals surface area contributed by atoms with Crippen molar-refractivity contribution in [2.24, 2.45) is 0 Å². The monoisotopic (exact) mass is 757 g/mol. The molecule has 2 amide bonds. The third-order valence-corrected chi connectivity index (χ3v) is 25.8. The van der Waals surface area contributed by atoms with Crippen molar-refractivity contribution < 1.29 is 9.59 Å². The molecule has 0 aliphatic carbocycles. The van der Waals surface area contributed by atoms with Crippen molar-refractivity contribution in [2.75, 3.05) is 11.9 Å². The third kappa shape index (κ3) is 8.09. The Morgan fingerprint density at radius 2 is 1.58 bits per heavy atom. The molecule has 7 nitrogen and oxygen atoms in total. The van der Waals surface area contributed by atoms with Gasteiger partial charge in [-0.05, 0) is 24.6 Å². The number of nitrogens with zero attached hydrogens (tertiary/aromatic N) is 3. The second-order valence-corrected chi connectivity index (χ2v) is 27.8. The average Bonchev–Trinajstić information content (AvgIpc) is 3.74. The summed E-state index contributed by atoms with van der Waals surface area (Å²) in [6.45, 7) is 14.7. The van der Waals surface area contributed by atoms with Gasteiger partial charge in [0.2, 0.25) is 0 Å². The molecule has 1 aliphatic rings. The first-order valence-corrected chi connectivity index (χ1v) is 25.6. The number of nitrogens with one attached hydrogen (secondary N) is 2. The molecule has 0 unspecified atom stereocenters. The van der Waals surface area contributed by atoms with E-state index in [0.29, 0.717) is 31.0 Å². The first-order chi connectivity index (χ1) is 23.1. The van der Waals surface area contributed by atoms with Gasteiger partial charge in [-0.15, -0.1) is 0 Å². The molecule has 5 rings (SSSR count). The zero-order chi connectivity index (χ0) is 34.3. The molecule has 1 aliphatic heterocycles. The van der Waals surface area contributed by atoms with Crippen molar-refractivity contribution >= 4 is 39.5 Å². The number of carbonyl (C=O) groups is 2. The number of anilines is 1. The van der Waals surface area contributed by atoms with Gasteiger partial charge in [0.25, 0.3) is 0 Å². The number of carbonyl (C=O) groups excluding carboxylic acids is 2. The Morgan fingerprint density at radius 1 is 0.917 bits per heavy atom. The van der Waals surface area contributed by atoms with E-state index >= 15 is 0 Å². The molecule has 8 heteroatoms. The quantitative estimate of drug-likeness (QED) is 0.119. The zero-order valence-corrected chi connectivity index (χ0v) is 32.8. The third-order valence-electron chi connectivity index (χ3n) is 10.2. The SMILES string of the molecule is CCC[CH2][Sn]([CH2]CCC)([CH2]CCC)[c]1ccc(Cn2nc(C(=O)Nc3cccc(C)c3)c3c2C(C)(C)CN(C(=O)c2ccc[nH]2)C3)cc1. The Morgan fingerprint density at radius 3 is 2.17 bits per heavy atom. The molecular formula is C40H55N5O2Sn. The van der Waals surface area contributed by atoms with Crippen LogP contribution in [0.3, 0.4) is 0 Å². The molecule has 256 valence electrons. The van der Waals surface area contributed by atoms with Crippen LogP contribution in [0.1, 0.15) is 117 Å². The second kappa shape index (κ2) is 15.9. The van der Waals surface area contributed by atoms with Gasteiger partial charge in [-0.25, -0.2) is 0 Å². The fraction of sp³-hybridized carbons (Fsp3) is 0.475. The molecule has 0 atom stereocenters. The van der Waals surface area contributed by atoms with Crippen LogP contribution in [-0.4, -0.2) is 56.4 Å². The summed E-state index contributed by atoms with van der Waals surface area (Å²) in [5, 5.41) is 8.10. The molecule has 0 bridgehead atoms. The Balaban J connectivity index is 1.50. The topological polar surface area (TPSA) is 83.0 Å². The summed E-state index contributed by atoms with van der Waals surface area (Å²) in [5.41, 5.74) is 5.35. The van der Waals surface area contributed by atoms with E-state index in [-0.39, 0.29) is 11.8 Å². The van der Waals surface area contributed by atoms with Gasteiger partial charge < -0.3 is 4.98 Å². The van der Waals surface area contributed by atoms with Crippen LogP contribution in [0.25, 0.3) is 0 Å². The summed E-state index contributed by atoms with van der Waals surface area (Å²) in [6.07, 6.45) is 9.60. The Bertz CT molecular complexity index is 1650. The number of rotatable bonds is 15. The van der Waals surface area contributed by atoms with Crippen molar-refractivity contribution in [2.45, 2.75) is 112 Å². The predicted molar refractivity (Wildman–Crippen MR) is 200 cm³/mol. The Kier molecular flexibility index (Phi) is 11.9. The average molecular weight is 757 g/mol. The summed E-state index contributed by atoms with van der Waals surface area (Å²) in [4.78, 5) is 32.4. The number of aromatic amines is 1. The number of hydrogen-bond acceptors (Lipinski definition) is 3. The summed E-state index contributed by atoms with van der Waals surface area (Å²) in [5.74, 6) is -0.325. The fourth-order valence-corrected chi connectivity index (χ4v) is 23.6. The second-order valence-electron chi connectivity index (χ2n) is 14.6. The molecule has 48 heavy (non-hydrogen) atoms. The molecule has 0 saturated carbocycles. The number of amides is 2. The maximum absolute atomic E-state index is 13.9. The van der Waals surface area contributed by atoms with Gasteiger partial charge in [-0.1, -0.05) is 12.1 Å². The van der Waals surface area contributed by atoms with E-state index in [4.69, 9.17) is 5.10 Å². The van der Waals surface area contributed by atoms with Crippen LogP contribution in [0.4, 0.5) is 5.69 Å². The molecule has 2 aromatic carbocycles. The summed E-state index contributed by atoms with van der Waals surface area (Å²) >= 11 is -2.54. The summed E-state index contributed by atoms with van der Waals surface area (Å²) in [6, 6.07) is 21.0. The zero-order valence-electron chi connectivity index (χ0n) is 30.0. The van der Waals surface area contributed by atoms with Gasteiger partial charge in [0.15, 0.2) is 0 Å². The van der Waals surface area contributed by atoms with E-state index in [1.807, 2.05) is 46.8 Å². The van der Waals surface area contributed by atoms with Gasteiger partial charge in [0.05, 0.1) is 0 Å². The van der Waals surface area contributed by atoms with Gasteiger partial charge in [-0.3, -0.25) is 0 Å². The van der Waals surface area contributed by atoms with E-state index in [1.165, 1.54) is 57.4 Å². The number of aryl methyl sites for hydroxylation is 1. The molecule has 3 heterocycles. The van der Waals surface area contributed by atoms with Gasteiger partial charge >= 0.3 is 245 Å². The van der Waals surface area contributed by atoms with E-state index in [2.05, 4.69) is 69.2 Å². The molecular weight excluding hydrogens is 701 g/mol. The van der Waals surface area contributed by atoms with Crippen molar-refractivity contribution in [3.63, 3.8) is 0 Å². The number of unbranched alkanes of at least 4 members (excludes halogenated alkanes) is 3. The van der Waals surface area contributed by atoms with E-state index in [1.54, 1.807) is 15.8 Å². The molecule has 0 radical (unpaired) electrons. The van der Waals surface area contributed by atoms with Crippen molar-refractivity contribution in [1.29, 1.82) is 0 Å². The molecule has 4 aromatic rings. The molecule has 0 saturated heterocycles. The van der Waals surface area contributed by atoms with E-state index < -0.39 is 23.8 Å². The van der Waals surface area contributed by atoms with Crippen LogP contribution in [0, 0.1) is 6.92 Å². The van der Waals surface area contributed by atoms with Crippen LogP contribution < -0.4 is 8.90 Å². The van der Waals surface area contributed by atoms with E-state index in [0.717, 1.165) is 22.5 Å². The number of hydrogen-bond donors (Lipinski definition) is 2. The summed E-state index contributed by atoms with van der Waals surface area (Å²) in [7, 11) is 0. The van der Waals surface area contributed by atoms with Gasteiger partial charge in [-0.2, -0.15) is 0 Å². The van der Waals surface area contributed by atoms with Gasteiger partial charge in [0.1, 0.15) is 0 Å². The van der Waals surface area contributed by atoms with E-state index in [9.17, 15) is 9.59 Å². The maximum atomic E-state index is 13.9. The van der Waals surface area contributed by atoms with Crippen LogP contribution in [0.15, 0.2) is 66.9 Å². The number of benzene rings is 2.